The molecule has 96 valence electrons. The molecule has 0 amide bonds. The standard InChI is InChI=1S/C12H22N4O/c1-4-7-16-12(14-9-15-16)8-11(17)5-6-13-10(2)3/h9-10,13H,4-8H2,1-3H3. The van der Waals surface area contributed by atoms with Gasteiger partial charge in [0.15, 0.2) is 0 Å². The molecule has 1 aromatic rings. The Kier molecular flexibility index (Phi) is 5.83. The summed E-state index contributed by atoms with van der Waals surface area (Å²) in [7, 11) is 0. The lowest BCUT2D eigenvalue weighted by Crippen LogP contribution is -2.26. The van der Waals surface area contributed by atoms with Crippen molar-refractivity contribution in [3.8, 4) is 0 Å². The summed E-state index contributed by atoms with van der Waals surface area (Å²) < 4.78 is 1.81. The molecule has 0 saturated heterocycles. The zero-order valence-corrected chi connectivity index (χ0v) is 10.9. The van der Waals surface area contributed by atoms with Crippen LogP contribution >= 0.6 is 0 Å². The highest BCUT2D eigenvalue weighted by Gasteiger charge is 2.09. The van der Waals surface area contributed by atoms with Crippen LogP contribution in [0, 0.1) is 0 Å². The summed E-state index contributed by atoms with van der Waals surface area (Å²) >= 11 is 0. The van der Waals surface area contributed by atoms with E-state index in [-0.39, 0.29) is 5.78 Å². The van der Waals surface area contributed by atoms with Gasteiger partial charge in [-0.05, 0) is 6.42 Å². The minimum Gasteiger partial charge on any atom is -0.314 e. The monoisotopic (exact) mass is 238 g/mol. The predicted octanol–water partition coefficient (Wildman–Crippen LogP) is 1.19. The molecule has 5 nitrogen and oxygen atoms in total. The van der Waals surface area contributed by atoms with E-state index in [1.165, 1.54) is 6.33 Å². The van der Waals surface area contributed by atoms with Crippen LogP contribution in [0.5, 0.6) is 0 Å². The van der Waals surface area contributed by atoms with Crippen LogP contribution < -0.4 is 5.32 Å². The molecular formula is C12H22N4O. The van der Waals surface area contributed by atoms with E-state index in [1.54, 1.807) is 0 Å². The van der Waals surface area contributed by atoms with Crippen LogP contribution in [-0.2, 0) is 17.8 Å². The maximum absolute atomic E-state index is 11.7. The van der Waals surface area contributed by atoms with E-state index < -0.39 is 0 Å². The van der Waals surface area contributed by atoms with Crippen LogP contribution in [0.1, 0.15) is 39.4 Å². The van der Waals surface area contributed by atoms with Crippen molar-refractivity contribution < 1.29 is 4.79 Å². The van der Waals surface area contributed by atoms with Gasteiger partial charge < -0.3 is 5.32 Å². The van der Waals surface area contributed by atoms with E-state index in [2.05, 4.69) is 36.2 Å². The first-order valence-electron chi connectivity index (χ1n) is 6.25. The maximum atomic E-state index is 11.7. The van der Waals surface area contributed by atoms with Crippen LogP contribution in [-0.4, -0.2) is 33.1 Å². The normalized spacial score (nSPS) is 11.1. The SMILES string of the molecule is CCCn1ncnc1CC(=O)CCNC(C)C. The Morgan fingerprint density at radius 2 is 2.29 bits per heavy atom. The zero-order valence-electron chi connectivity index (χ0n) is 10.9. The lowest BCUT2D eigenvalue weighted by atomic mass is 10.2. The van der Waals surface area contributed by atoms with Crippen molar-refractivity contribution in [3.63, 3.8) is 0 Å². The van der Waals surface area contributed by atoms with Crippen molar-refractivity contribution in [2.75, 3.05) is 6.54 Å². The number of nitrogens with zero attached hydrogens (tertiary/aromatic N) is 3. The van der Waals surface area contributed by atoms with Crippen LogP contribution in [0.3, 0.4) is 0 Å². The second-order valence-corrected chi connectivity index (χ2v) is 4.47. The minimum atomic E-state index is 0.212. The number of nitrogens with one attached hydrogen (secondary N) is 1. The van der Waals surface area contributed by atoms with Gasteiger partial charge in [-0.3, -0.25) is 4.79 Å². The van der Waals surface area contributed by atoms with Gasteiger partial charge in [0.2, 0.25) is 0 Å². The van der Waals surface area contributed by atoms with Gasteiger partial charge in [-0.25, -0.2) is 9.67 Å². The zero-order chi connectivity index (χ0) is 12.7. The second-order valence-electron chi connectivity index (χ2n) is 4.47. The van der Waals surface area contributed by atoms with E-state index in [0.29, 0.717) is 18.9 Å². The number of aryl methyl sites for hydroxylation is 1. The minimum absolute atomic E-state index is 0.212. The first-order valence-corrected chi connectivity index (χ1v) is 6.25. The summed E-state index contributed by atoms with van der Waals surface area (Å²) in [4.78, 5) is 15.9. The number of rotatable bonds is 8. The van der Waals surface area contributed by atoms with Gasteiger partial charge in [-0.1, -0.05) is 20.8 Å². The number of hydrogen-bond donors (Lipinski definition) is 1. The van der Waals surface area contributed by atoms with E-state index in [0.717, 1.165) is 25.3 Å². The number of carbonyl (C=O) groups is 1. The fourth-order valence-corrected chi connectivity index (χ4v) is 1.59. The Hall–Kier alpha value is -1.23. The van der Waals surface area contributed by atoms with Crippen molar-refractivity contribution in [1.82, 2.24) is 20.1 Å². The van der Waals surface area contributed by atoms with Crippen LogP contribution in [0.2, 0.25) is 0 Å². The third kappa shape index (κ3) is 5.08. The molecule has 1 heterocycles. The molecule has 0 fully saturated rings. The first-order chi connectivity index (χ1) is 8.13. The highest BCUT2D eigenvalue weighted by Crippen LogP contribution is 1.99. The van der Waals surface area contributed by atoms with Gasteiger partial charge in [0.05, 0.1) is 6.42 Å². The number of Topliss-reactive ketones (excluding diaryl/α,β-unsaturated/α-hetero) is 1. The molecule has 1 rings (SSSR count). The Morgan fingerprint density at radius 3 is 2.94 bits per heavy atom. The summed E-state index contributed by atoms with van der Waals surface area (Å²) in [5.41, 5.74) is 0. The van der Waals surface area contributed by atoms with Gasteiger partial charge in [0, 0.05) is 25.6 Å². The second kappa shape index (κ2) is 7.17. The molecule has 0 bridgehead atoms. The molecule has 0 aliphatic rings. The third-order valence-corrected chi connectivity index (χ3v) is 2.44. The molecule has 1 N–H and O–H groups in total. The van der Waals surface area contributed by atoms with Crippen LogP contribution in [0.15, 0.2) is 6.33 Å². The predicted molar refractivity (Wildman–Crippen MR) is 66.8 cm³/mol. The first kappa shape index (κ1) is 13.8. The van der Waals surface area contributed by atoms with Gasteiger partial charge in [0.1, 0.15) is 17.9 Å². The number of ketones is 1. The van der Waals surface area contributed by atoms with E-state index in [1.807, 2.05) is 4.68 Å². The van der Waals surface area contributed by atoms with Crippen molar-refractivity contribution in [2.45, 2.75) is 52.6 Å². The summed E-state index contributed by atoms with van der Waals surface area (Å²) in [6.45, 7) is 7.79. The molecule has 0 saturated carbocycles. The lowest BCUT2D eigenvalue weighted by molar-refractivity contribution is -0.118. The van der Waals surface area contributed by atoms with Crippen LogP contribution in [0.4, 0.5) is 0 Å². The molecule has 0 unspecified atom stereocenters. The largest absolute Gasteiger partial charge is 0.314 e. The lowest BCUT2D eigenvalue weighted by Gasteiger charge is -2.07. The highest BCUT2D eigenvalue weighted by molar-refractivity contribution is 5.80. The Balaban J connectivity index is 2.37. The Bertz CT molecular complexity index is 346. The van der Waals surface area contributed by atoms with Gasteiger partial charge >= 0.3 is 0 Å². The molecule has 0 atom stereocenters. The van der Waals surface area contributed by atoms with E-state index >= 15 is 0 Å². The van der Waals surface area contributed by atoms with Crippen molar-refractivity contribution in [1.29, 1.82) is 0 Å². The molecular weight excluding hydrogens is 216 g/mol. The van der Waals surface area contributed by atoms with Crippen molar-refractivity contribution in [3.05, 3.63) is 12.2 Å². The number of carbonyl (C=O) groups excluding carboxylic acids is 1. The van der Waals surface area contributed by atoms with Gasteiger partial charge in [-0.2, -0.15) is 5.10 Å². The Labute approximate surface area is 103 Å². The molecule has 0 aliphatic carbocycles. The molecule has 0 radical (unpaired) electrons. The van der Waals surface area contributed by atoms with Gasteiger partial charge in [-0.15, -0.1) is 0 Å². The van der Waals surface area contributed by atoms with Crippen molar-refractivity contribution in [2.24, 2.45) is 0 Å². The molecule has 1 aromatic heterocycles. The summed E-state index contributed by atoms with van der Waals surface area (Å²) in [6, 6.07) is 0.423. The molecule has 0 aromatic carbocycles. The molecule has 17 heavy (non-hydrogen) atoms. The van der Waals surface area contributed by atoms with E-state index in [9.17, 15) is 4.79 Å². The number of hydrogen-bond acceptors (Lipinski definition) is 4. The highest BCUT2D eigenvalue weighted by atomic mass is 16.1. The average molecular weight is 238 g/mol. The molecule has 0 spiro atoms. The smallest absolute Gasteiger partial charge is 0.141 e. The molecule has 5 heteroatoms. The fourth-order valence-electron chi connectivity index (χ4n) is 1.59. The van der Waals surface area contributed by atoms with Crippen LogP contribution in [0.25, 0.3) is 0 Å². The fraction of sp³-hybridized carbons (Fsp3) is 0.750. The summed E-state index contributed by atoms with van der Waals surface area (Å²) in [5, 5.41) is 7.34. The molecule has 0 aliphatic heterocycles. The third-order valence-electron chi connectivity index (χ3n) is 2.44. The Morgan fingerprint density at radius 1 is 1.53 bits per heavy atom. The number of aromatic nitrogens is 3. The topological polar surface area (TPSA) is 59.8 Å². The maximum Gasteiger partial charge on any atom is 0.141 e. The summed E-state index contributed by atoms with van der Waals surface area (Å²) in [5.74, 6) is 0.991. The quantitative estimate of drug-likeness (QED) is 0.739. The van der Waals surface area contributed by atoms with E-state index in [4.69, 9.17) is 0 Å². The average Bonchev–Trinajstić information content (AvgIpc) is 2.66. The van der Waals surface area contributed by atoms with Crippen molar-refractivity contribution >= 4 is 5.78 Å². The van der Waals surface area contributed by atoms with Gasteiger partial charge in [0.25, 0.3) is 0 Å². The summed E-state index contributed by atoms with van der Waals surface area (Å²) in [6.07, 6.45) is 3.46.